The zero-order valence-corrected chi connectivity index (χ0v) is 14.6. The average molecular weight is 396 g/mol. The third kappa shape index (κ3) is 4.76. The smallest absolute Gasteiger partial charge is 0.418 e. The molecule has 0 saturated carbocycles. The van der Waals surface area contributed by atoms with Crippen molar-refractivity contribution in [2.75, 3.05) is 17.7 Å². The molecule has 2 N–H and O–H groups in total. The quantitative estimate of drug-likeness (QED) is 0.630. The standard InChI is InChI=1S/C17H13ClF3N5O/c1-27-12-4-2-3-11(8-12)23-16-25-15(9-22-26-16)24-14-6-5-10(18)7-13(14)17(19,20)21/h2-9H,1H3,(H2,23,24,25,26). The Morgan fingerprint density at radius 1 is 1.07 bits per heavy atom. The molecular formula is C17H13ClF3N5O. The summed E-state index contributed by atoms with van der Waals surface area (Å²) < 4.78 is 44.7. The number of alkyl halides is 3. The second-order valence-corrected chi connectivity index (χ2v) is 5.77. The summed E-state index contributed by atoms with van der Waals surface area (Å²) in [5.74, 6) is 0.817. The number of halogens is 4. The maximum Gasteiger partial charge on any atom is 0.418 e. The molecule has 1 aromatic heterocycles. The van der Waals surface area contributed by atoms with Crippen LogP contribution in [0.1, 0.15) is 5.56 Å². The number of nitrogens with zero attached hydrogens (tertiary/aromatic N) is 3. The molecule has 27 heavy (non-hydrogen) atoms. The minimum atomic E-state index is -4.57. The lowest BCUT2D eigenvalue weighted by atomic mass is 10.1. The third-order valence-electron chi connectivity index (χ3n) is 3.43. The van der Waals surface area contributed by atoms with E-state index in [0.29, 0.717) is 11.4 Å². The number of aromatic nitrogens is 3. The Kier molecular flexibility index (Phi) is 5.31. The predicted octanol–water partition coefficient (Wildman–Crippen LogP) is 5.04. The molecule has 0 atom stereocenters. The van der Waals surface area contributed by atoms with Gasteiger partial charge in [-0.15, -0.1) is 5.10 Å². The van der Waals surface area contributed by atoms with Crippen molar-refractivity contribution in [2.45, 2.75) is 6.18 Å². The number of hydrogen-bond donors (Lipinski definition) is 2. The van der Waals surface area contributed by atoms with Gasteiger partial charge in [0.1, 0.15) is 5.75 Å². The van der Waals surface area contributed by atoms with Crippen LogP contribution in [0.4, 0.5) is 36.3 Å². The molecule has 0 amide bonds. The highest BCUT2D eigenvalue weighted by Crippen LogP contribution is 2.37. The highest BCUT2D eigenvalue weighted by molar-refractivity contribution is 6.30. The molecule has 0 radical (unpaired) electrons. The number of methoxy groups -OCH3 is 1. The molecule has 0 spiro atoms. The van der Waals surface area contributed by atoms with Gasteiger partial charge in [0.2, 0.25) is 5.95 Å². The Labute approximate surface area is 157 Å². The number of anilines is 4. The van der Waals surface area contributed by atoms with Crippen LogP contribution in [-0.4, -0.2) is 22.3 Å². The summed E-state index contributed by atoms with van der Waals surface area (Å²) in [5.41, 5.74) is -0.466. The Hall–Kier alpha value is -3.07. The van der Waals surface area contributed by atoms with Gasteiger partial charge in [0.05, 0.1) is 24.6 Å². The van der Waals surface area contributed by atoms with E-state index in [0.717, 1.165) is 6.07 Å². The van der Waals surface area contributed by atoms with E-state index in [1.807, 2.05) is 0 Å². The number of nitrogens with one attached hydrogen (secondary N) is 2. The van der Waals surface area contributed by atoms with Crippen molar-refractivity contribution < 1.29 is 17.9 Å². The predicted molar refractivity (Wildman–Crippen MR) is 95.8 cm³/mol. The molecule has 1 heterocycles. The fourth-order valence-corrected chi connectivity index (χ4v) is 2.42. The van der Waals surface area contributed by atoms with E-state index in [1.165, 1.54) is 25.4 Å². The highest BCUT2D eigenvalue weighted by atomic mass is 35.5. The van der Waals surface area contributed by atoms with E-state index >= 15 is 0 Å². The van der Waals surface area contributed by atoms with Crippen molar-refractivity contribution in [1.82, 2.24) is 15.2 Å². The fourth-order valence-electron chi connectivity index (χ4n) is 2.24. The molecule has 140 valence electrons. The summed E-state index contributed by atoms with van der Waals surface area (Å²) in [7, 11) is 1.53. The zero-order valence-electron chi connectivity index (χ0n) is 13.9. The number of rotatable bonds is 5. The summed E-state index contributed by atoms with van der Waals surface area (Å²) in [6, 6.07) is 10.4. The first kappa shape index (κ1) is 18.7. The van der Waals surface area contributed by atoms with Crippen molar-refractivity contribution in [1.29, 1.82) is 0 Å². The molecule has 0 aliphatic heterocycles. The first-order valence-corrected chi connectivity index (χ1v) is 7.97. The zero-order chi connectivity index (χ0) is 19.4. The van der Waals surface area contributed by atoms with Crippen molar-refractivity contribution in [2.24, 2.45) is 0 Å². The molecule has 0 aliphatic carbocycles. The van der Waals surface area contributed by atoms with Gasteiger partial charge in [0, 0.05) is 16.8 Å². The SMILES string of the molecule is COc1cccc(Nc2nncc(Nc3ccc(Cl)cc3C(F)(F)F)n2)c1. The minimum absolute atomic E-state index is 0.0194. The Morgan fingerprint density at radius 3 is 2.63 bits per heavy atom. The van der Waals surface area contributed by atoms with E-state index in [1.54, 1.807) is 24.3 Å². The van der Waals surface area contributed by atoms with Crippen LogP contribution in [0.15, 0.2) is 48.7 Å². The van der Waals surface area contributed by atoms with Crippen LogP contribution >= 0.6 is 11.6 Å². The topological polar surface area (TPSA) is 72.0 Å². The van der Waals surface area contributed by atoms with Gasteiger partial charge in [-0.3, -0.25) is 0 Å². The first-order chi connectivity index (χ1) is 12.8. The average Bonchev–Trinajstić information content (AvgIpc) is 2.63. The fraction of sp³-hybridized carbons (Fsp3) is 0.118. The van der Waals surface area contributed by atoms with Gasteiger partial charge >= 0.3 is 6.18 Å². The summed E-state index contributed by atoms with van der Waals surface area (Å²) in [6.45, 7) is 0. The van der Waals surface area contributed by atoms with E-state index in [2.05, 4.69) is 25.8 Å². The van der Waals surface area contributed by atoms with E-state index in [-0.39, 0.29) is 22.5 Å². The molecule has 6 nitrogen and oxygen atoms in total. The summed E-state index contributed by atoms with van der Waals surface area (Å²) in [5, 5.41) is 13.1. The number of ether oxygens (including phenoxy) is 1. The number of benzene rings is 2. The lowest BCUT2D eigenvalue weighted by molar-refractivity contribution is -0.136. The molecule has 0 fully saturated rings. The maximum absolute atomic E-state index is 13.2. The monoisotopic (exact) mass is 395 g/mol. The first-order valence-electron chi connectivity index (χ1n) is 7.60. The van der Waals surface area contributed by atoms with E-state index in [9.17, 15) is 13.2 Å². The Balaban J connectivity index is 1.84. The molecular weight excluding hydrogens is 383 g/mol. The van der Waals surface area contributed by atoms with Crippen LogP contribution in [0, 0.1) is 0 Å². The second-order valence-electron chi connectivity index (χ2n) is 5.33. The van der Waals surface area contributed by atoms with Gasteiger partial charge in [-0.1, -0.05) is 17.7 Å². The van der Waals surface area contributed by atoms with Crippen LogP contribution in [0.25, 0.3) is 0 Å². The summed E-state index contributed by atoms with van der Waals surface area (Å²) >= 11 is 5.68. The van der Waals surface area contributed by atoms with Gasteiger partial charge in [-0.2, -0.15) is 23.3 Å². The lowest BCUT2D eigenvalue weighted by Crippen LogP contribution is -2.10. The van der Waals surface area contributed by atoms with Gasteiger partial charge in [0.25, 0.3) is 0 Å². The van der Waals surface area contributed by atoms with Crippen LogP contribution in [-0.2, 0) is 6.18 Å². The van der Waals surface area contributed by atoms with E-state index in [4.69, 9.17) is 16.3 Å². The molecule has 10 heteroatoms. The van der Waals surface area contributed by atoms with E-state index < -0.39 is 11.7 Å². The van der Waals surface area contributed by atoms with Gasteiger partial charge in [-0.05, 0) is 30.3 Å². The highest BCUT2D eigenvalue weighted by Gasteiger charge is 2.34. The van der Waals surface area contributed by atoms with Crippen molar-refractivity contribution in [3.8, 4) is 5.75 Å². The van der Waals surface area contributed by atoms with Crippen LogP contribution in [0.2, 0.25) is 5.02 Å². The van der Waals surface area contributed by atoms with Crippen molar-refractivity contribution >= 4 is 34.7 Å². The largest absolute Gasteiger partial charge is 0.497 e. The second kappa shape index (κ2) is 7.67. The summed E-state index contributed by atoms with van der Waals surface area (Å²) in [6.07, 6.45) is -3.36. The maximum atomic E-state index is 13.2. The third-order valence-corrected chi connectivity index (χ3v) is 3.67. The van der Waals surface area contributed by atoms with Crippen LogP contribution < -0.4 is 15.4 Å². The van der Waals surface area contributed by atoms with Gasteiger partial charge in [0.15, 0.2) is 5.82 Å². The van der Waals surface area contributed by atoms with Crippen LogP contribution in [0.5, 0.6) is 5.75 Å². The molecule has 3 rings (SSSR count). The Bertz CT molecular complexity index is 952. The lowest BCUT2D eigenvalue weighted by Gasteiger charge is -2.14. The van der Waals surface area contributed by atoms with Gasteiger partial charge in [-0.25, -0.2) is 0 Å². The van der Waals surface area contributed by atoms with Crippen LogP contribution in [0.3, 0.4) is 0 Å². The number of hydrogen-bond acceptors (Lipinski definition) is 6. The van der Waals surface area contributed by atoms with Crippen molar-refractivity contribution in [3.63, 3.8) is 0 Å². The molecule has 0 bridgehead atoms. The molecule has 0 saturated heterocycles. The van der Waals surface area contributed by atoms with Gasteiger partial charge < -0.3 is 15.4 Å². The molecule has 2 aromatic carbocycles. The minimum Gasteiger partial charge on any atom is -0.497 e. The summed E-state index contributed by atoms with van der Waals surface area (Å²) in [4.78, 5) is 4.13. The molecule has 0 aliphatic rings. The Morgan fingerprint density at radius 2 is 1.89 bits per heavy atom. The van der Waals surface area contributed by atoms with Crippen molar-refractivity contribution in [3.05, 3.63) is 59.2 Å². The normalized spacial score (nSPS) is 11.1. The molecule has 3 aromatic rings. The molecule has 0 unspecified atom stereocenters.